The summed E-state index contributed by atoms with van der Waals surface area (Å²) in [5.74, 6) is -2.07. The summed E-state index contributed by atoms with van der Waals surface area (Å²) < 4.78 is 49.5. The monoisotopic (exact) mass is 377 g/mol. The van der Waals surface area contributed by atoms with Crippen molar-refractivity contribution in [1.29, 1.82) is 0 Å². The Balaban J connectivity index is 3.44. The van der Waals surface area contributed by atoms with Gasteiger partial charge in [-0.25, -0.2) is 0 Å². The summed E-state index contributed by atoms with van der Waals surface area (Å²) >= 11 is 0. The number of carbonyl (C=O) groups is 2. The first kappa shape index (κ1) is 21.4. The fourth-order valence-corrected chi connectivity index (χ4v) is 2.29. The quantitative estimate of drug-likeness (QED) is 0.313. The van der Waals surface area contributed by atoms with E-state index < -0.39 is 51.7 Å². The lowest BCUT2D eigenvalue weighted by Crippen LogP contribution is -2.41. The Hall–Kier alpha value is -2.65. The largest absolute Gasteiger partial charge is 0.465 e. The summed E-state index contributed by atoms with van der Waals surface area (Å²) in [6.07, 6.45) is -5.59. The molecule has 26 heavy (non-hydrogen) atoms. The zero-order valence-corrected chi connectivity index (χ0v) is 14.4. The molecule has 0 saturated heterocycles. The lowest BCUT2D eigenvalue weighted by atomic mass is 9.82. The van der Waals surface area contributed by atoms with Crippen LogP contribution in [0.3, 0.4) is 0 Å². The molecule has 10 heteroatoms. The van der Waals surface area contributed by atoms with Gasteiger partial charge in [-0.3, -0.25) is 19.7 Å². The normalized spacial score (nSPS) is 11.8. The number of hydrogen-bond donors (Lipinski definition) is 0. The Bertz CT molecular complexity index is 684. The molecule has 1 aromatic rings. The number of benzene rings is 1. The fourth-order valence-electron chi connectivity index (χ4n) is 2.29. The Morgan fingerprint density at radius 3 is 2.00 bits per heavy atom. The Morgan fingerprint density at radius 1 is 1.12 bits per heavy atom. The van der Waals surface area contributed by atoms with Gasteiger partial charge in [0.2, 0.25) is 0 Å². The van der Waals surface area contributed by atoms with Crippen LogP contribution in [0.4, 0.5) is 18.9 Å². The van der Waals surface area contributed by atoms with Crippen LogP contribution in [0.15, 0.2) is 18.2 Å². The molecule has 0 amide bonds. The number of alkyl halides is 3. The van der Waals surface area contributed by atoms with E-state index in [1.165, 1.54) is 13.8 Å². The van der Waals surface area contributed by atoms with Gasteiger partial charge in [0.05, 0.1) is 23.7 Å². The first-order valence-corrected chi connectivity index (χ1v) is 7.66. The second-order valence-corrected chi connectivity index (χ2v) is 5.55. The van der Waals surface area contributed by atoms with Gasteiger partial charge in [-0.05, 0) is 32.8 Å². The lowest BCUT2D eigenvalue weighted by molar-refractivity contribution is -0.385. The molecule has 0 radical (unpaired) electrons. The molecule has 0 aliphatic carbocycles. The topological polar surface area (TPSA) is 95.7 Å². The predicted octanol–water partition coefficient (Wildman–Crippen LogP) is 3.29. The summed E-state index contributed by atoms with van der Waals surface area (Å²) in [4.78, 5) is 34.2. The molecule has 0 saturated carbocycles. The minimum Gasteiger partial charge on any atom is -0.465 e. The Labute approximate surface area is 147 Å². The maximum absolute atomic E-state index is 13.3. The number of hydrogen-bond acceptors (Lipinski definition) is 6. The van der Waals surface area contributed by atoms with Crippen LogP contribution < -0.4 is 0 Å². The van der Waals surface area contributed by atoms with Crippen LogP contribution in [0.25, 0.3) is 0 Å². The van der Waals surface area contributed by atoms with E-state index in [0.717, 1.165) is 19.1 Å². The van der Waals surface area contributed by atoms with Crippen LogP contribution in [-0.4, -0.2) is 30.1 Å². The van der Waals surface area contributed by atoms with Crippen molar-refractivity contribution >= 4 is 17.6 Å². The van der Waals surface area contributed by atoms with Gasteiger partial charge in [0.1, 0.15) is 0 Å². The van der Waals surface area contributed by atoms with Crippen molar-refractivity contribution < 1.29 is 37.2 Å². The number of ether oxygens (including phenoxy) is 2. The molecule has 0 heterocycles. The van der Waals surface area contributed by atoms with Crippen molar-refractivity contribution in [3.8, 4) is 0 Å². The molecule has 0 aromatic heterocycles. The number of nitro benzene ring substituents is 1. The Morgan fingerprint density at radius 2 is 1.62 bits per heavy atom. The Kier molecular flexibility index (Phi) is 6.71. The molecule has 0 unspecified atom stereocenters. The highest BCUT2D eigenvalue weighted by atomic mass is 19.4. The highest BCUT2D eigenvalue weighted by Crippen LogP contribution is 2.38. The number of esters is 2. The van der Waals surface area contributed by atoms with E-state index in [9.17, 15) is 32.9 Å². The maximum atomic E-state index is 13.3. The average Bonchev–Trinajstić information content (AvgIpc) is 2.54. The SMILES string of the molecule is CCOC(=O)C(C)(Cc1ccc([N+](=O)[O-])cc1C(F)(F)F)C(=O)OCC. The van der Waals surface area contributed by atoms with Gasteiger partial charge in [-0.15, -0.1) is 0 Å². The smallest absolute Gasteiger partial charge is 0.416 e. The number of non-ortho nitro benzene ring substituents is 1. The van der Waals surface area contributed by atoms with Crippen molar-refractivity contribution in [2.45, 2.75) is 33.4 Å². The van der Waals surface area contributed by atoms with Gasteiger partial charge >= 0.3 is 18.1 Å². The molecule has 0 bridgehead atoms. The van der Waals surface area contributed by atoms with E-state index in [2.05, 4.69) is 0 Å². The molecular formula is C16H18F3NO6. The number of rotatable bonds is 7. The van der Waals surface area contributed by atoms with E-state index in [1.807, 2.05) is 0 Å². The summed E-state index contributed by atoms with van der Waals surface area (Å²) in [6.45, 7) is 3.91. The molecule has 0 aliphatic rings. The zero-order chi connectivity index (χ0) is 20.1. The average molecular weight is 377 g/mol. The molecular weight excluding hydrogens is 359 g/mol. The second-order valence-electron chi connectivity index (χ2n) is 5.55. The maximum Gasteiger partial charge on any atom is 0.416 e. The molecule has 0 aliphatic heterocycles. The van der Waals surface area contributed by atoms with Crippen molar-refractivity contribution in [2.24, 2.45) is 5.41 Å². The molecule has 0 atom stereocenters. The van der Waals surface area contributed by atoms with Crippen LogP contribution in [0.5, 0.6) is 0 Å². The van der Waals surface area contributed by atoms with E-state index >= 15 is 0 Å². The van der Waals surface area contributed by atoms with Crippen LogP contribution in [-0.2, 0) is 31.7 Å². The lowest BCUT2D eigenvalue weighted by Gasteiger charge is -2.26. The molecule has 0 spiro atoms. The summed E-state index contributed by atoms with van der Waals surface area (Å²) in [5, 5.41) is 10.8. The highest BCUT2D eigenvalue weighted by Gasteiger charge is 2.46. The first-order chi connectivity index (χ1) is 12.0. The highest BCUT2D eigenvalue weighted by molar-refractivity contribution is 6.00. The van der Waals surface area contributed by atoms with Gasteiger partial charge in [-0.2, -0.15) is 13.2 Å². The van der Waals surface area contributed by atoms with Gasteiger partial charge < -0.3 is 9.47 Å². The van der Waals surface area contributed by atoms with Gasteiger partial charge in [0.25, 0.3) is 5.69 Å². The van der Waals surface area contributed by atoms with E-state index in [0.29, 0.717) is 6.07 Å². The van der Waals surface area contributed by atoms with Crippen molar-refractivity contribution in [3.05, 3.63) is 39.4 Å². The minimum absolute atomic E-state index is 0.0831. The van der Waals surface area contributed by atoms with Crippen molar-refractivity contribution in [3.63, 3.8) is 0 Å². The van der Waals surface area contributed by atoms with Crippen molar-refractivity contribution in [2.75, 3.05) is 13.2 Å². The third-order valence-electron chi connectivity index (χ3n) is 3.61. The standard InChI is InChI=1S/C16H18F3NO6/c1-4-25-13(21)15(3,14(22)26-5-2)9-10-6-7-11(20(23)24)8-12(10)16(17,18)19/h6-8H,4-5,9H2,1-3H3. The zero-order valence-electron chi connectivity index (χ0n) is 14.4. The molecule has 7 nitrogen and oxygen atoms in total. The summed E-state index contributed by atoms with van der Waals surface area (Å²) in [7, 11) is 0. The first-order valence-electron chi connectivity index (χ1n) is 7.66. The number of carbonyl (C=O) groups excluding carboxylic acids is 2. The third kappa shape index (κ3) is 4.70. The van der Waals surface area contributed by atoms with E-state index in [4.69, 9.17) is 9.47 Å². The number of nitrogens with zero attached hydrogens (tertiary/aromatic N) is 1. The van der Waals surface area contributed by atoms with Gasteiger partial charge in [-0.1, -0.05) is 6.07 Å². The van der Waals surface area contributed by atoms with Crippen LogP contribution in [0.2, 0.25) is 0 Å². The summed E-state index contributed by atoms with van der Waals surface area (Å²) in [5.41, 5.74) is -4.53. The third-order valence-corrected chi connectivity index (χ3v) is 3.61. The second kappa shape index (κ2) is 8.15. The minimum atomic E-state index is -4.91. The molecule has 1 aromatic carbocycles. The van der Waals surface area contributed by atoms with Crippen LogP contribution in [0.1, 0.15) is 31.9 Å². The van der Waals surface area contributed by atoms with Crippen LogP contribution in [0, 0.1) is 15.5 Å². The predicted molar refractivity (Wildman–Crippen MR) is 83.2 cm³/mol. The fraction of sp³-hybridized carbons (Fsp3) is 0.500. The molecule has 1 rings (SSSR count). The van der Waals surface area contributed by atoms with Crippen molar-refractivity contribution in [1.82, 2.24) is 0 Å². The van der Waals surface area contributed by atoms with Crippen LogP contribution >= 0.6 is 0 Å². The molecule has 0 N–H and O–H groups in total. The summed E-state index contributed by atoms with van der Waals surface area (Å²) in [6, 6.07) is 2.12. The van der Waals surface area contributed by atoms with E-state index in [-0.39, 0.29) is 13.2 Å². The molecule has 0 fully saturated rings. The number of nitro groups is 1. The van der Waals surface area contributed by atoms with Gasteiger partial charge in [0, 0.05) is 12.1 Å². The van der Waals surface area contributed by atoms with Gasteiger partial charge in [0.15, 0.2) is 5.41 Å². The van der Waals surface area contributed by atoms with E-state index in [1.54, 1.807) is 0 Å². The number of halogens is 3. The molecule has 144 valence electrons.